The van der Waals surface area contributed by atoms with Gasteiger partial charge in [-0.05, 0) is 12.6 Å². The summed E-state index contributed by atoms with van der Waals surface area (Å²) in [6, 6.07) is 2.73. The van der Waals surface area contributed by atoms with Crippen LogP contribution in [0.4, 0.5) is 11.4 Å². The Morgan fingerprint density at radius 3 is 2.86 bits per heavy atom. The lowest BCUT2D eigenvalue weighted by Gasteiger charge is -2.32. The largest absolute Gasteiger partial charge is 0.377 e. The maximum absolute atomic E-state index is 11.1. The Labute approximate surface area is 133 Å². The summed E-state index contributed by atoms with van der Waals surface area (Å²) in [7, 11) is 0. The number of likely N-dealkylation sites (N-methyl/N-ethyl adjacent to an activating group) is 1. The monoisotopic (exact) mass is 333 g/mol. The van der Waals surface area contributed by atoms with E-state index in [1.165, 1.54) is 12.1 Å². The molecule has 21 heavy (non-hydrogen) atoms. The molecule has 2 rings (SSSR count). The van der Waals surface area contributed by atoms with Crippen LogP contribution in [0, 0.1) is 10.1 Å². The van der Waals surface area contributed by atoms with Crippen molar-refractivity contribution < 1.29 is 9.66 Å². The first-order valence-corrected chi connectivity index (χ1v) is 7.48. The summed E-state index contributed by atoms with van der Waals surface area (Å²) < 4.78 is 5.65. The molecular formula is C13H17Cl2N3O3. The van der Waals surface area contributed by atoms with Crippen molar-refractivity contribution in [2.75, 3.05) is 38.1 Å². The molecule has 1 N–H and O–H groups in total. The molecule has 1 aromatic carbocycles. The number of nitro groups is 1. The first kappa shape index (κ1) is 16.3. The van der Waals surface area contributed by atoms with Gasteiger partial charge in [0.2, 0.25) is 0 Å². The van der Waals surface area contributed by atoms with Crippen molar-refractivity contribution >= 4 is 34.6 Å². The molecule has 6 nitrogen and oxygen atoms in total. The van der Waals surface area contributed by atoms with Crippen molar-refractivity contribution in [1.29, 1.82) is 0 Å². The van der Waals surface area contributed by atoms with Gasteiger partial charge < -0.3 is 10.1 Å². The van der Waals surface area contributed by atoms with Crippen molar-refractivity contribution in [2.45, 2.75) is 13.0 Å². The van der Waals surface area contributed by atoms with E-state index in [1.54, 1.807) is 0 Å². The van der Waals surface area contributed by atoms with Crippen LogP contribution in [0.1, 0.15) is 6.92 Å². The zero-order valence-electron chi connectivity index (χ0n) is 11.6. The van der Waals surface area contributed by atoms with Gasteiger partial charge in [-0.15, -0.1) is 0 Å². The van der Waals surface area contributed by atoms with Gasteiger partial charge in [0.25, 0.3) is 5.69 Å². The zero-order chi connectivity index (χ0) is 15.4. The van der Waals surface area contributed by atoms with Crippen molar-refractivity contribution in [1.82, 2.24) is 4.90 Å². The fraction of sp³-hybridized carbons (Fsp3) is 0.538. The molecule has 0 bridgehead atoms. The standard InChI is InChI=1S/C13H17Cl2N3O3/c1-2-17-3-4-21-9(8-17)7-16-12-5-10(14)11(15)6-13(12)18(19)20/h5-6,9,16H,2-4,7-8H2,1H3. The van der Waals surface area contributed by atoms with Crippen LogP contribution in [0.15, 0.2) is 12.1 Å². The van der Waals surface area contributed by atoms with Crippen LogP contribution in [0.5, 0.6) is 0 Å². The van der Waals surface area contributed by atoms with E-state index in [1.807, 2.05) is 0 Å². The summed E-state index contributed by atoms with van der Waals surface area (Å²) in [5.41, 5.74) is 0.263. The number of morpholine rings is 1. The van der Waals surface area contributed by atoms with E-state index < -0.39 is 4.92 Å². The number of nitro benzene ring substituents is 1. The summed E-state index contributed by atoms with van der Waals surface area (Å²) in [4.78, 5) is 12.9. The summed E-state index contributed by atoms with van der Waals surface area (Å²) in [6.45, 7) is 5.93. The first-order valence-electron chi connectivity index (χ1n) is 6.72. The quantitative estimate of drug-likeness (QED) is 0.662. The van der Waals surface area contributed by atoms with Crippen molar-refractivity contribution in [3.8, 4) is 0 Å². The van der Waals surface area contributed by atoms with Crippen LogP contribution in [0.2, 0.25) is 10.0 Å². The Morgan fingerprint density at radius 1 is 1.48 bits per heavy atom. The Bertz CT molecular complexity index is 528. The zero-order valence-corrected chi connectivity index (χ0v) is 13.2. The molecular weight excluding hydrogens is 317 g/mol. The van der Waals surface area contributed by atoms with E-state index in [0.29, 0.717) is 18.8 Å². The molecule has 0 saturated carbocycles. The predicted molar refractivity (Wildman–Crippen MR) is 83.5 cm³/mol. The molecule has 0 aliphatic carbocycles. The SMILES string of the molecule is CCN1CCOC(CNc2cc(Cl)c(Cl)cc2[N+](=O)[O-])C1. The molecule has 1 unspecified atom stereocenters. The first-order chi connectivity index (χ1) is 10.0. The van der Waals surface area contributed by atoms with Crippen molar-refractivity contribution in [2.24, 2.45) is 0 Å². The van der Waals surface area contributed by atoms with Gasteiger partial charge in [-0.1, -0.05) is 30.1 Å². The number of anilines is 1. The molecule has 0 aromatic heterocycles. The molecule has 1 heterocycles. The number of halogens is 2. The second-order valence-electron chi connectivity index (χ2n) is 4.81. The second kappa shape index (κ2) is 7.26. The van der Waals surface area contributed by atoms with Crippen LogP contribution in [-0.4, -0.2) is 48.7 Å². The normalized spacial score (nSPS) is 19.5. The van der Waals surface area contributed by atoms with E-state index in [9.17, 15) is 10.1 Å². The van der Waals surface area contributed by atoms with Crippen LogP contribution < -0.4 is 5.32 Å². The fourth-order valence-electron chi connectivity index (χ4n) is 2.24. The second-order valence-corrected chi connectivity index (χ2v) is 5.62. The number of benzene rings is 1. The third kappa shape index (κ3) is 4.20. The lowest BCUT2D eigenvalue weighted by atomic mass is 10.2. The van der Waals surface area contributed by atoms with E-state index in [-0.39, 0.29) is 21.8 Å². The highest BCUT2D eigenvalue weighted by atomic mass is 35.5. The average Bonchev–Trinajstić information content (AvgIpc) is 2.48. The van der Waals surface area contributed by atoms with Crippen molar-refractivity contribution in [3.63, 3.8) is 0 Å². The summed E-state index contributed by atoms with van der Waals surface area (Å²) in [6.07, 6.45) is -0.00671. The molecule has 1 aliphatic heterocycles. The Balaban J connectivity index is 2.05. The summed E-state index contributed by atoms with van der Waals surface area (Å²) >= 11 is 11.7. The maximum atomic E-state index is 11.1. The molecule has 0 spiro atoms. The predicted octanol–water partition coefficient (Wildman–Crippen LogP) is 3.03. The Hall–Kier alpha value is -1.08. The van der Waals surface area contributed by atoms with Gasteiger partial charge in [0.15, 0.2) is 0 Å². The third-order valence-corrected chi connectivity index (χ3v) is 4.15. The van der Waals surface area contributed by atoms with Crippen LogP contribution in [-0.2, 0) is 4.74 Å². The summed E-state index contributed by atoms with van der Waals surface area (Å²) in [5, 5.41) is 14.5. The van der Waals surface area contributed by atoms with Gasteiger partial charge in [-0.2, -0.15) is 0 Å². The lowest BCUT2D eigenvalue weighted by Crippen LogP contribution is -2.45. The molecule has 0 amide bonds. The van der Waals surface area contributed by atoms with E-state index >= 15 is 0 Å². The minimum Gasteiger partial charge on any atom is -0.377 e. The molecule has 1 saturated heterocycles. The molecule has 1 aliphatic rings. The minimum atomic E-state index is -0.482. The van der Waals surface area contributed by atoms with Crippen LogP contribution in [0.25, 0.3) is 0 Å². The van der Waals surface area contributed by atoms with E-state index in [4.69, 9.17) is 27.9 Å². The van der Waals surface area contributed by atoms with Gasteiger partial charge in [0, 0.05) is 25.7 Å². The number of hydrogen-bond donors (Lipinski definition) is 1. The highest BCUT2D eigenvalue weighted by Gasteiger charge is 2.21. The number of nitrogens with zero attached hydrogens (tertiary/aromatic N) is 2. The lowest BCUT2D eigenvalue weighted by molar-refractivity contribution is -0.383. The van der Waals surface area contributed by atoms with Gasteiger partial charge >= 0.3 is 0 Å². The molecule has 1 aromatic rings. The fourth-order valence-corrected chi connectivity index (χ4v) is 2.57. The maximum Gasteiger partial charge on any atom is 0.293 e. The van der Waals surface area contributed by atoms with E-state index in [0.717, 1.165) is 19.6 Å². The number of nitrogens with one attached hydrogen (secondary N) is 1. The van der Waals surface area contributed by atoms with Crippen LogP contribution >= 0.6 is 23.2 Å². The van der Waals surface area contributed by atoms with Crippen molar-refractivity contribution in [3.05, 3.63) is 32.3 Å². The van der Waals surface area contributed by atoms with Gasteiger partial charge in [0.05, 0.1) is 27.7 Å². The smallest absolute Gasteiger partial charge is 0.293 e. The Kier molecular flexibility index (Phi) is 5.64. The number of rotatable bonds is 5. The number of ether oxygens (including phenoxy) is 1. The highest BCUT2D eigenvalue weighted by Crippen LogP contribution is 2.34. The van der Waals surface area contributed by atoms with Gasteiger partial charge in [-0.25, -0.2) is 0 Å². The van der Waals surface area contributed by atoms with E-state index in [2.05, 4.69) is 17.1 Å². The van der Waals surface area contributed by atoms with Gasteiger partial charge in [-0.3, -0.25) is 15.0 Å². The third-order valence-electron chi connectivity index (χ3n) is 3.43. The molecule has 116 valence electrons. The molecule has 1 fully saturated rings. The molecule has 8 heteroatoms. The topological polar surface area (TPSA) is 67.6 Å². The molecule has 0 radical (unpaired) electrons. The van der Waals surface area contributed by atoms with Crippen LogP contribution in [0.3, 0.4) is 0 Å². The van der Waals surface area contributed by atoms with Gasteiger partial charge in [0.1, 0.15) is 5.69 Å². The summed E-state index contributed by atoms with van der Waals surface area (Å²) in [5.74, 6) is 0. The minimum absolute atomic E-state index is 0.00671. The average molecular weight is 334 g/mol. The highest BCUT2D eigenvalue weighted by molar-refractivity contribution is 6.42. The Morgan fingerprint density at radius 2 is 2.19 bits per heavy atom. The molecule has 1 atom stereocenters. The number of hydrogen-bond acceptors (Lipinski definition) is 5.